The molecule has 2 rings (SSSR count). The van der Waals surface area contributed by atoms with Gasteiger partial charge in [0.2, 0.25) is 11.6 Å². The van der Waals surface area contributed by atoms with Crippen molar-refractivity contribution in [2.24, 2.45) is 0 Å². The van der Waals surface area contributed by atoms with E-state index in [0.29, 0.717) is 22.3 Å². The summed E-state index contributed by atoms with van der Waals surface area (Å²) in [6.07, 6.45) is 2.06. The molecule has 1 heterocycles. The Hall–Kier alpha value is -2.12. The van der Waals surface area contributed by atoms with E-state index in [1.165, 1.54) is 6.33 Å². The highest BCUT2D eigenvalue weighted by Gasteiger charge is 2.22. The standard InChI is InChI=1S/C13H13Cl2N5O2/c1-2-3-16-12-11(20(21)22)13(18-7-17-12)19-10-5-8(14)4-9(15)6-10/h4-7H,2-3H2,1H3,(H2,16,17,18,19). The molecule has 0 atom stereocenters. The lowest BCUT2D eigenvalue weighted by Gasteiger charge is -2.10. The molecular weight excluding hydrogens is 329 g/mol. The minimum Gasteiger partial charge on any atom is -0.364 e. The van der Waals surface area contributed by atoms with Crippen molar-refractivity contribution in [3.63, 3.8) is 0 Å². The third-order valence-corrected chi connectivity index (χ3v) is 3.11. The molecule has 0 aliphatic heterocycles. The number of nitrogens with one attached hydrogen (secondary N) is 2. The molecule has 9 heteroatoms. The van der Waals surface area contributed by atoms with Crippen molar-refractivity contribution in [1.29, 1.82) is 0 Å². The van der Waals surface area contributed by atoms with Gasteiger partial charge in [-0.3, -0.25) is 10.1 Å². The van der Waals surface area contributed by atoms with E-state index in [1.807, 2.05) is 6.92 Å². The van der Waals surface area contributed by atoms with E-state index >= 15 is 0 Å². The van der Waals surface area contributed by atoms with Crippen LogP contribution >= 0.6 is 23.2 Å². The van der Waals surface area contributed by atoms with Crippen LogP contribution in [0.15, 0.2) is 24.5 Å². The molecule has 2 aromatic rings. The number of hydrogen-bond donors (Lipinski definition) is 2. The number of aromatic nitrogens is 2. The smallest absolute Gasteiger partial charge is 0.353 e. The molecule has 0 radical (unpaired) electrons. The Morgan fingerprint density at radius 3 is 2.41 bits per heavy atom. The Morgan fingerprint density at radius 2 is 1.82 bits per heavy atom. The van der Waals surface area contributed by atoms with Gasteiger partial charge in [-0.05, 0) is 24.6 Å². The summed E-state index contributed by atoms with van der Waals surface area (Å²) in [6, 6.07) is 4.76. The minimum absolute atomic E-state index is 0.0666. The van der Waals surface area contributed by atoms with Crippen molar-refractivity contribution in [3.8, 4) is 0 Å². The van der Waals surface area contributed by atoms with Crippen molar-refractivity contribution < 1.29 is 4.92 Å². The van der Waals surface area contributed by atoms with Crippen LogP contribution < -0.4 is 10.6 Å². The highest BCUT2D eigenvalue weighted by atomic mass is 35.5. The fraction of sp³-hybridized carbons (Fsp3) is 0.231. The predicted molar refractivity (Wildman–Crippen MR) is 87.2 cm³/mol. The van der Waals surface area contributed by atoms with E-state index in [1.54, 1.807) is 18.2 Å². The maximum Gasteiger partial charge on any atom is 0.353 e. The fourth-order valence-corrected chi connectivity index (χ4v) is 2.30. The first-order valence-electron chi connectivity index (χ1n) is 6.47. The van der Waals surface area contributed by atoms with Gasteiger partial charge < -0.3 is 10.6 Å². The second-order valence-corrected chi connectivity index (χ2v) is 5.26. The van der Waals surface area contributed by atoms with Crippen LogP contribution in [0.5, 0.6) is 0 Å². The van der Waals surface area contributed by atoms with E-state index in [9.17, 15) is 10.1 Å². The van der Waals surface area contributed by atoms with Gasteiger partial charge in [-0.2, -0.15) is 0 Å². The van der Waals surface area contributed by atoms with Gasteiger partial charge in [0.1, 0.15) is 6.33 Å². The van der Waals surface area contributed by atoms with Crippen LogP contribution in [0.1, 0.15) is 13.3 Å². The molecule has 0 amide bonds. The van der Waals surface area contributed by atoms with Crippen LogP contribution in [-0.4, -0.2) is 21.4 Å². The van der Waals surface area contributed by atoms with Gasteiger partial charge in [0.05, 0.1) is 4.92 Å². The van der Waals surface area contributed by atoms with Crippen molar-refractivity contribution in [1.82, 2.24) is 9.97 Å². The maximum absolute atomic E-state index is 11.3. The molecule has 1 aromatic carbocycles. The van der Waals surface area contributed by atoms with Crippen LogP contribution in [0.2, 0.25) is 10.0 Å². The fourth-order valence-electron chi connectivity index (χ4n) is 1.78. The zero-order valence-corrected chi connectivity index (χ0v) is 13.1. The molecule has 7 nitrogen and oxygen atoms in total. The Labute approximate surface area is 136 Å². The molecule has 22 heavy (non-hydrogen) atoms. The highest BCUT2D eigenvalue weighted by Crippen LogP contribution is 2.32. The molecule has 0 spiro atoms. The third-order valence-electron chi connectivity index (χ3n) is 2.67. The Bertz CT molecular complexity index is 676. The Kier molecular flexibility index (Phi) is 5.35. The SMILES string of the molecule is CCCNc1ncnc(Nc2cc(Cl)cc(Cl)c2)c1[N+](=O)[O-]. The van der Waals surface area contributed by atoms with Crippen molar-refractivity contribution in [2.75, 3.05) is 17.2 Å². The molecule has 0 aliphatic rings. The molecular formula is C13H13Cl2N5O2. The van der Waals surface area contributed by atoms with Gasteiger partial charge in [0.15, 0.2) is 0 Å². The summed E-state index contributed by atoms with van der Waals surface area (Å²) >= 11 is 11.8. The quantitative estimate of drug-likeness (QED) is 0.602. The molecule has 0 saturated carbocycles. The summed E-state index contributed by atoms with van der Waals surface area (Å²) in [5.74, 6) is 0.231. The first-order valence-corrected chi connectivity index (χ1v) is 7.23. The van der Waals surface area contributed by atoms with Crippen LogP contribution in [0.25, 0.3) is 0 Å². The molecule has 116 valence electrons. The molecule has 0 saturated heterocycles. The minimum atomic E-state index is -0.535. The average molecular weight is 342 g/mol. The van der Waals surface area contributed by atoms with Crippen LogP contribution in [0.4, 0.5) is 23.0 Å². The molecule has 0 fully saturated rings. The number of nitrogens with zero attached hydrogens (tertiary/aromatic N) is 3. The lowest BCUT2D eigenvalue weighted by atomic mass is 10.3. The number of hydrogen-bond acceptors (Lipinski definition) is 6. The zero-order chi connectivity index (χ0) is 16.1. The van der Waals surface area contributed by atoms with Crippen LogP contribution in [0, 0.1) is 10.1 Å². The van der Waals surface area contributed by atoms with Gasteiger partial charge in [0.25, 0.3) is 0 Å². The summed E-state index contributed by atoms with van der Waals surface area (Å²) in [4.78, 5) is 18.6. The van der Waals surface area contributed by atoms with E-state index < -0.39 is 4.92 Å². The van der Waals surface area contributed by atoms with Crippen LogP contribution in [0.3, 0.4) is 0 Å². The first-order chi connectivity index (χ1) is 10.5. The Morgan fingerprint density at radius 1 is 1.18 bits per heavy atom. The maximum atomic E-state index is 11.3. The number of halogens is 2. The molecule has 2 N–H and O–H groups in total. The van der Waals surface area contributed by atoms with E-state index in [0.717, 1.165) is 6.42 Å². The number of benzene rings is 1. The van der Waals surface area contributed by atoms with E-state index in [2.05, 4.69) is 20.6 Å². The van der Waals surface area contributed by atoms with Gasteiger partial charge in [-0.25, -0.2) is 9.97 Å². The van der Waals surface area contributed by atoms with Crippen LogP contribution in [-0.2, 0) is 0 Å². The highest BCUT2D eigenvalue weighted by molar-refractivity contribution is 6.35. The second kappa shape index (κ2) is 7.24. The van der Waals surface area contributed by atoms with Crippen molar-refractivity contribution in [2.45, 2.75) is 13.3 Å². The first kappa shape index (κ1) is 16.3. The lowest BCUT2D eigenvalue weighted by molar-refractivity contribution is -0.383. The molecule has 0 unspecified atom stereocenters. The summed E-state index contributed by atoms with van der Waals surface area (Å²) in [5.41, 5.74) is 0.271. The number of rotatable bonds is 6. The normalized spacial score (nSPS) is 10.3. The van der Waals surface area contributed by atoms with E-state index in [-0.39, 0.29) is 17.3 Å². The monoisotopic (exact) mass is 341 g/mol. The van der Waals surface area contributed by atoms with Gasteiger partial charge in [0, 0.05) is 22.3 Å². The number of nitro groups is 1. The summed E-state index contributed by atoms with van der Waals surface area (Å²) < 4.78 is 0. The average Bonchev–Trinajstić information content (AvgIpc) is 2.43. The third kappa shape index (κ3) is 3.96. The summed E-state index contributed by atoms with van der Waals surface area (Å²) in [7, 11) is 0. The predicted octanol–water partition coefficient (Wildman–Crippen LogP) is 4.26. The second-order valence-electron chi connectivity index (χ2n) is 4.39. The Balaban J connectivity index is 2.39. The topological polar surface area (TPSA) is 93.0 Å². The largest absolute Gasteiger partial charge is 0.364 e. The molecule has 0 bridgehead atoms. The lowest BCUT2D eigenvalue weighted by Crippen LogP contribution is -2.08. The molecule has 0 aliphatic carbocycles. The van der Waals surface area contributed by atoms with Gasteiger partial charge in [-0.15, -0.1) is 0 Å². The zero-order valence-electron chi connectivity index (χ0n) is 11.6. The summed E-state index contributed by atoms with van der Waals surface area (Å²) in [6.45, 7) is 2.52. The van der Waals surface area contributed by atoms with Crippen molar-refractivity contribution in [3.05, 3.63) is 44.7 Å². The molecule has 1 aromatic heterocycles. The van der Waals surface area contributed by atoms with Crippen molar-refractivity contribution >= 4 is 46.2 Å². The number of anilines is 3. The van der Waals surface area contributed by atoms with Gasteiger partial charge >= 0.3 is 5.69 Å². The summed E-state index contributed by atoms with van der Waals surface area (Å²) in [5, 5.41) is 17.9. The van der Waals surface area contributed by atoms with E-state index in [4.69, 9.17) is 23.2 Å². The van der Waals surface area contributed by atoms with Gasteiger partial charge in [-0.1, -0.05) is 30.1 Å².